The fraction of sp³-hybridized carbons (Fsp3) is 0.294. The molecule has 1 N–H and O–H groups in total. The second-order valence-electron chi connectivity index (χ2n) is 5.18. The van der Waals surface area contributed by atoms with Gasteiger partial charge >= 0.3 is 0 Å². The molecule has 0 saturated heterocycles. The monoisotopic (exact) mass is 256 g/mol. The summed E-state index contributed by atoms with van der Waals surface area (Å²) in [5, 5.41) is 9.25. The molecule has 0 aliphatic carbocycles. The predicted molar refractivity (Wildman–Crippen MR) is 77.4 cm³/mol. The number of benzene rings is 2. The van der Waals surface area contributed by atoms with Crippen LogP contribution in [0.25, 0.3) is 0 Å². The van der Waals surface area contributed by atoms with Crippen LogP contribution in [0.1, 0.15) is 39.5 Å². The molecule has 2 nitrogen and oxygen atoms in total. The summed E-state index contributed by atoms with van der Waals surface area (Å²) in [6.07, 6.45) is -0.432. The van der Waals surface area contributed by atoms with Crippen molar-refractivity contribution >= 4 is 0 Å². The Morgan fingerprint density at radius 2 is 1.37 bits per heavy atom. The minimum absolute atomic E-state index is 0.432. The highest BCUT2D eigenvalue weighted by atomic mass is 17.1. The second-order valence-corrected chi connectivity index (χ2v) is 5.18. The average Bonchev–Trinajstić information content (AvgIpc) is 2.39. The molecule has 0 saturated carbocycles. The van der Waals surface area contributed by atoms with Crippen molar-refractivity contribution in [1.82, 2.24) is 0 Å². The van der Waals surface area contributed by atoms with Gasteiger partial charge in [-0.25, -0.2) is 4.89 Å². The zero-order chi connectivity index (χ0) is 14.0. The summed E-state index contributed by atoms with van der Waals surface area (Å²) in [4.78, 5) is 4.71. The first-order valence-corrected chi connectivity index (χ1v) is 6.47. The average molecular weight is 256 g/mol. The molecule has 0 heterocycles. The van der Waals surface area contributed by atoms with Gasteiger partial charge in [0.25, 0.3) is 0 Å². The van der Waals surface area contributed by atoms with Crippen LogP contribution in [0, 0.1) is 27.7 Å². The summed E-state index contributed by atoms with van der Waals surface area (Å²) in [5.74, 6) is 0. The molecule has 0 fully saturated rings. The van der Waals surface area contributed by atoms with E-state index in [0.29, 0.717) is 0 Å². The summed E-state index contributed by atoms with van der Waals surface area (Å²) in [5.41, 5.74) is 6.83. The van der Waals surface area contributed by atoms with E-state index >= 15 is 0 Å². The lowest BCUT2D eigenvalue weighted by atomic mass is 9.94. The van der Waals surface area contributed by atoms with E-state index in [1.54, 1.807) is 0 Å². The van der Waals surface area contributed by atoms with Gasteiger partial charge in [-0.15, -0.1) is 0 Å². The van der Waals surface area contributed by atoms with Gasteiger partial charge in [-0.2, -0.15) is 0 Å². The van der Waals surface area contributed by atoms with Gasteiger partial charge in [0.2, 0.25) is 0 Å². The predicted octanol–water partition coefficient (Wildman–Crippen LogP) is 4.50. The van der Waals surface area contributed by atoms with Crippen LogP contribution in [0.15, 0.2) is 36.4 Å². The smallest absolute Gasteiger partial charge is 0.143 e. The van der Waals surface area contributed by atoms with E-state index in [0.717, 1.165) is 11.1 Å². The van der Waals surface area contributed by atoms with Gasteiger partial charge in [-0.1, -0.05) is 42.0 Å². The third kappa shape index (κ3) is 2.86. The van der Waals surface area contributed by atoms with E-state index in [9.17, 15) is 5.26 Å². The third-order valence-electron chi connectivity index (χ3n) is 3.74. The van der Waals surface area contributed by atoms with Gasteiger partial charge in [-0.05, 0) is 55.5 Å². The van der Waals surface area contributed by atoms with E-state index < -0.39 is 6.10 Å². The first-order chi connectivity index (χ1) is 9.02. The summed E-state index contributed by atoms with van der Waals surface area (Å²) in [7, 11) is 0. The molecule has 100 valence electrons. The number of aryl methyl sites for hydroxylation is 3. The Bertz CT molecular complexity index is 547. The van der Waals surface area contributed by atoms with Crippen molar-refractivity contribution in [2.45, 2.75) is 33.8 Å². The topological polar surface area (TPSA) is 29.5 Å². The molecule has 0 radical (unpaired) electrons. The van der Waals surface area contributed by atoms with Crippen molar-refractivity contribution < 1.29 is 10.1 Å². The second kappa shape index (κ2) is 5.55. The fourth-order valence-electron chi connectivity index (χ4n) is 2.28. The minimum atomic E-state index is -0.432. The van der Waals surface area contributed by atoms with Crippen molar-refractivity contribution in [2.75, 3.05) is 0 Å². The van der Waals surface area contributed by atoms with Crippen LogP contribution < -0.4 is 0 Å². The molecule has 0 aromatic heterocycles. The molecule has 19 heavy (non-hydrogen) atoms. The molecule has 1 atom stereocenters. The van der Waals surface area contributed by atoms with Crippen LogP contribution in [0.3, 0.4) is 0 Å². The first-order valence-electron chi connectivity index (χ1n) is 6.47. The van der Waals surface area contributed by atoms with Gasteiger partial charge in [-0.3, -0.25) is 5.26 Å². The lowest BCUT2D eigenvalue weighted by molar-refractivity contribution is -0.270. The van der Waals surface area contributed by atoms with Crippen molar-refractivity contribution in [3.05, 3.63) is 69.8 Å². The van der Waals surface area contributed by atoms with Crippen LogP contribution in [-0.2, 0) is 4.89 Å². The summed E-state index contributed by atoms with van der Waals surface area (Å²) in [6.45, 7) is 8.30. The van der Waals surface area contributed by atoms with E-state index in [4.69, 9.17) is 4.89 Å². The van der Waals surface area contributed by atoms with Crippen molar-refractivity contribution in [3.8, 4) is 0 Å². The number of hydrogen-bond acceptors (Lipinski definition) is 2. The standard InChI is InChI=1S/C17H20O2/c1-11-5-7-15(8-6-11)17(19-18)16-9-12(2)14(4)13(3)10-16/h5-10,17-18H,1-4H3. The summed E-state index contributed by atoms with van der Waals surface area (Å²) >= 11 is 0. The Morgan fingerprint density at radius 3 is 1.84 bits per heavy atom. The lowest BCUT2D eigenvalue weighted by Crippen LogP contribution is -2.05. The fourth-order valence-corrected chi connectivity index (χ4v) is 2.28. The van der Waals surface area contributed by atoms with Crippen molar-refractivity contribution in [3.63, 3.8) is 0 Å². The molecule has 0 bridgehead atoms. The van der Waals surface area contributed by atoms with E-state index in [1.165, 1.54) is 22.3 Å². The van der Waals surface area contributed by atoms with Crippen LogP contribution >= 0.6 is 0 Å². The molecule has 0 amide bonds. The van der Waals surface area contributed by atoms with Gasteiger partial charge in [0.1, 0.15) is 6.10 Å². The first kappa shape index (κ1) is 13.8. The lowest BCUT2D eigenvalue weighted by Gasteiger charge is -2.17. The van der Waals surface area contributed by atoms with E-state index in [1.807, 2.05) is 31.2 Å². The molecule has 2 heteroatoms. The third-order valence-corrected chi connectivity index (χ3v) is 3.74. The van der Waals surface area contributed by atoms with Crippen LogP contribution in [-0.4, -0.2) is 5.26 Å². The largest absolute Gasteiger partial charge is 0.251 e. The maximum Gasteiger partial charge on any atom is 0.143 e. The molecule has 2 rings (SSSR count). The van der Waals surface area contributed by atoms with E-state index in [2.05, 4.69) is 32.9 Å². The van der Waals surface area contributed by atoms with Gasteiger partial charge < -0.3 is 0 Å². The Morgan fingerprint density at radius 1 is 0.842 bits per heavy atom. The maximum atomic E-state index is 9.25. The molecular weight excluding hydrogens is 236 g/mol. The Kier molecular flexibility index (Phi) is 4.03. The van der Waals surface area contributed by atoms with Crippen LogP contribution in [0.4, 0.5) is 0 Å². The SMILES string of the molecule is Cc1ccc(C(OO)c2cc(C)c(C)c(C)c2)cc1. The highest BCUT2D eigenvalue weighted by molar-refractivity contribution is 5.41. The maximum absolute atomic E-state index is 9.25. The zero-order valence-electron chi connectivity index (χ0n) is 11.9. The molecular formula is C17H20O2. The van der Waals surface area contributed by atoms with Crippen LogP contribution in [0.5, 0.6) is 0 Å². The zero-order valence-corrected chi connectivity index (χ0v) is 11.9. The highest BCUT2D eigenvalue weighted by Gasteiger charge is 2.16. The van der Waals surface area contributed by atoms with Crippen molar-refractivity contribution in [1.29, 1.82) is 0 Å². The normalized spacial score (nSPS) is 12.5. The Hall–Kier alpha value is -1.64. The Balaban J connectivity index is 2.45. The van der Waals surface area contributed by atoms with E-state index in [-0.39, 0.29) is 0 Å². The van der Waals surface area contributed by atoms with Crippen LogP contribution in [0.2, 0.25) is 0 Å². The highest BCUT2D eigenvalue weighted by Crippen LogP contribution is 2.28. The molecule has 0 aliphatic rings. The molecule has 2 aromatic carbocycles. The molecule has 0 aliphatic heterocycles. The molecule has 2 aromatic rings. The molecule has 1 unspecified atom stereocenters. The number of rotatable bonds is 3. The quantitative estimate of drug-likeness (QED) is 0.647. The molecule has 0 spiro atoms. The minimum Gasteiger partial charge on any atom is -0.251 e. The van der Waals surface area contributed by atoms with Gasteiger partial charge in [0, 0.05) is 0 Å². The summed E-state index contributed by atoms with van der Waals surface area (Å²) in [6, 6.07) is 12.2. The summed E-state index contributed by atoms with van der Waals surface area (Å²) < 4.78 is 0. The Labute approximate surface area is 114 Å². The number of hydrogen-bond donors (Lipinski definition) is 1. The van der Waals surface area contributed by atoms with Gasteiger partial charge in [0.05, 0.1) is 0 Å². The van der Waals surface area contributed by atoms with Crippen molar-refractivity contribution in [2.24, 2.45) is 0 Å². The van der Waals surface area contributed by atoms with Gasteiger partial charge in [0.15, 0.2) is 0 Å².